The highest BCUT2D eigenvalue weighted by Crippen LogP contribution is 2.32. The molecule has 4 rings (SSSR count). The fourth-order valence-corrected chi connectivity index (χ4v) is 3.04. The molecule has 5 nitrogen and oxygen atoms in total. The lowest BCUT2D eigenvalue weighted by atomic mass is 10.0. The summed E-state index contributed by atoms with van der Waals surface area (Å²) in [6.07, 6.45) is 3.97. The van der Waals surface area contributed by atoms with Crippen LogP contribution in [0.15, 0.2) is 60.8 Å². The Bertz CT molecular complexity index is 865. The lowest BCUT2D eigenvalue weighted by Crippen LogP contribution is -2.25. The molecular formula is C19H18N4O. The van der Waals surface area contributed by atoms with Crippen LogP contribution in [0.1, 0.15) is 12.0 Å². The van der Waals surface area contributed by atoms with Crippen LogP contribution < -0.4 is 10.2 Å². The molecule has 2 N–H and O–H groups in total. The van der Waals surface area contributed by atoms with Crippen molar-refractivity contribution in [1.29, 1.82) is 0 Å². The van der Waals surface area contributed by atoms with Crippen LogP contribution in [0.5, 0.6) is 5.75 Å². The minimum absolute atomic E-state index is 0.209. The number of nitrogens with one attached hydrogen (secondary N) is 1. The predicted octanol–water partition coefficient (Wildman–Crippen LogP) is 4.01. The van der Waals surface area contributed by atoms with Crippen molar-refractivity contribution in [3.05, 3.63) is 66.4 Å². The summed E-state index contributed by atoms with van der Waals surface area (Å²) < 4.78 is 0. The Kier molecular flexibility index (Phi) is 3.75. The normalized spacial score (nSPS) is 13.4. The summed E-state index contributed by atoms with van der Waals surface area (Å²) >= 11 is 0. The van der Waals surface area contributed by atoms with Crippen molar-refractivity contribution in [2.24, 2.45) is 0 Å². The van der Waals surface area contributed by atoms with Crippen molar-refractivity contribution in [3.8, 4) is 5.75 Å². The van der Waals surface area contributed by atoms with E-state index < -0.39 is 0 Å². The zero-order chi connectivity index (χ0) is 16.4. The van der Waals surface area contributed by atoms with Crippen molar-refractivity contribution in [1.82, 2.24) is 9.97 Å². The van der Waals surface area contributed by atoms with Gasteiger partial charge in [-0.3, -0.25) is 0 Å². The number of rotatable bonds is 3. The van der Waals surface area contributed by atoms with Crippen molar-refractivity contribution in [3.63, 3.8) is 0 Å². The van der Waals surface area contributed by atoms with E-state index in [2.05, 4.69) is 44.5 Å². The Morgan fingerprint density at radius 1 is 1.04 bits per heavy atom. The minimum Gasteiger partial charge on any atom is -0.508 e. The maximum atomic E-state index is 9.57. The van der Waals surface area contributed by atoms with Crippen LogP contribution in [-0.2, 0) is 6.42 Å². The van der Waals surface area contributed by atoms with Gasteiger partial charge in [0.25, 0.3) is 0 Å². The summed E-state index contributed by atoms with van der Waals surface area (Å²) in [5.74, 6) is 1.60. The Morgan fingerprint density at radius 2 is 1.96 bits per heavy atom. The first-order valence-electron chi connectivity index (χ1n) is 8.04. The monoisotopic (exact) mass is 318 g/mol. The first kappa shape index (κ1) is 14.5. The number of phenols is 1. The molecule has 2 heterocycles. The largest absolute Gasteiger partial charge is 0.508 e. The van der Waals surface area contributed by atoms with Crippen LogP contribution in [0.2, 0.25) is 0 Å². The van der Waals surface area contributed by atoms with E-state index in [-0.39, 0.29) is 5.75 Å². The molecule has 0 atom stereocenters. The molecule has 0 amide bonds. The molecule has 0 saturated heterocycles. The fourth-order valence-electron chi connectivity index (χ4n) is 3.04. The van der Waals surface area contributed by atoms with Crippen LogP contribution in [0.25, 0.3) is 0 Å². The average Bonchev–Trinajstić information content (AvgIpc) is 2.61. The first-order chi connectivity index (χ1) is 11.8. The standard InChI is InChI=1S/C19H18N4O/c24-16-8-3-7-15(13-16)21-19-20-11-10-18(22-19)23-12-4-6-14-5-1-2-9-17(14)23/h1-3,5,7-11,13,24H,4,6,12H2,(H,20,21,22). The molecule has 0 fully saturated rings. The topological polar surface area (TPSA) is 61.3 Å². The van der Waals surface area contributed by atoms with Gasteiger partial charge in [0, 0.05) is 30.2 Å². The molecule has 24 heavy (non-hydrogen) atoms. The lowest BCUT2D eigenvalue weighted by molar-refractivity contribution is 0.475. The van der Waals surface area contributed by atoms with Gasteiger partial charge >= 0.3 is 0 Å². The highest BCUT2D eigenvalue weighted by Gasteiger charge is 2.19. The average molecular weight is 318 g/mol. The second kappa shape index (κ2) is 6.20. The number of aromatic hydroxyl groups is 1. The molecule has 2 aromatic carbocycles. The Labute approximate surface area is 140 Å². The molecule has 0 bridgehead atoms. The Balaban J connectivity index is 1.64. The number of para-hydroxylation sites is 1. The van der Waals surface area contributed by atoms with Crippen LogP contribution in [-0.4, -0.2) is 21.6 Å². The van der Waals surface area contributed by atoms with Crippen molar-refractivity contribution in [2.75, 3.05) is 16.8 Å². The van der Waals surface area contributed by atoms with Gasteiger partial charge in [0.1, 0.15) is 11.6 Å². The van der Waals surface area contributed by atoms with Crippen molar-refractivity contribution in [2.45, 2.75) is 12.8 Å². The van der Waals surface area contributed by atoms with Crippen molar-refractivity contribution >= 4 is 23.1 Å². The molecule has 120 valence electrons. The predicted molar refractivity (Wildman–Crippen MR) is 95.2 cm³/mol. The summed E-state index contributed by atoms with van der Waals surface area (Å²) in [4.78, 5) is 11.2. The van der Waals surface area contributed by atoms with Crippen LogP contribution in [0.4, 0.5) is 23.1 Å². The number of phenolic OH excluding ortho intramolecular Hbond substituents is 1. The molecule has 0 aliphatic carbocycles. The summed E-state index contributed by atoms with van der Waals surface area (Å²) in [7, 11) is 0. The van der Waals surface area contributed by atoms with Gasteiger partial charge in [0.15, 0.2) is 0 Å². The molecule has 0 spiro atoms. The Hall–Kier alpha value is -3.08. The van der Waals surface area contributed by atoms with E-state index in [0.717, 1.165) is 30.9 Å². The fraction of sp³-hybridized carbons (Fsp3) is 0.158. The lowest BCUT2D eigenvalue weighted by Gasteiger charge is -2.30. The van der Waals surface area contributed by atoms with E-state index in [0.29, 0.717) is 5.95 Å². The molecule has 1 aromatic heterocycles. The third kappa shape index (κ3) is 2.88. The zero-order valence-electron chi connectivity index (χ0n) is 13.2. The zero-order valence-corrected chi connectivity index (χ0v) is 13.2. The molecule has 0 unspecified atom stereocenters. The first-order valence-corrected chi connectivity index (χ1v) is 8.04. The molecule has 0 saturated carbocycles. The smallest absolute Gasteiger partial charge is 0.229 e. The van der Waals surface area contributed by atoms with Gasteiger partial charge in [-0.2, -0.15) is 4.98 Å². The van der Waals surface area contributed by atoms with Gasteiger partial charge in [-0.15, -0.1) is 0 Å². The van der Waals surface area contributed by atoms with Crippen molar-refractivity contribution < 1.29 is 5.11 Å². The highest BCUT2D eigenvalue weighted by molar-refractivity contribution is 5.66. The van der Waals surface area contributed by atoms with Gasteiger partial charge < -0.3 is 15.3 Å². The summed E-state index contributed by atoms with van der Waals surface area (Å²) in [6, 6.07) is 17.3. The van der Waals surface area contributed by atoms with Gasteiger partial charge in [0.05, 0.1) is 0 Å². The summed E-state index contributed by atoms with van der Waals surface area (Å²) in [5.41, 5.74) is 3.32. The number of benzene rings is 2. The van der Waals surface area contributed by atoms with Crippen LogP contribution in [0.3, 0.4) is 0 Å². The van der Waals surface area contributed by atoms with Gasteiger partial charge in [-0.25, -0.2) is 4.98 Å². The maximum absolute atomic E-state index is 9.57. The maximum Gasteiger partial charge on any atom is 0.229 e. The highest BCUT2D eigenvalue weighted by atomic mass is 16.3. The van der Waals surface area contributed by atoms with Crippen LogP contribution >= 0.6 is 0 Å². The van der Waals surface area contributed by atoms with E-state index in [9.17, 15) is 5.11 Å². The van der Waals surface area contributed by atoms with Gasteiger partial charge in [-0.1, -0.05) is 24.3 Å². The Morgan fingerprint density at radius 3 is 2.88 bits per heavy atom. The molecule has 1 aliphatic rings. The van der Waals surface area contributed by atoms with E-state index in [1.165, 1.54) is 11.3 Å². The number of fused-ring (bicyclic) bond motifs is 1. The van der Waals surface area contributed by atoms with Crippen LogP contribution in [0, 0.1) is 0 Å². The number of nitrogens with zero attached hydrogens (tertiary/aromatic N) is 3. The molecular weight excluding hydrogens is 300 g/mol. The summed E-state index contributed by atoms with van der Waals surface area (Å²) in [6.45, 7) is 0.944. The third-order valence-corrected chi connectivity index (χ3v) is 4.13. The van der Waals surface area contributed by atoms with E-state index in [1.807, 2.05) is 12.1 Å². The van der Waals surface area contributed by atoms with E-state index in [1.54, 1.807) is 24.4 Å². The van der Waals surface area contributed by atoms with E-state index in [4.69, 9.17) is 0 Å². The van der Waals surface area contributed by atoms with E-state index >= 15 is 0 Å². The number of hydrogen-bond acceptors (Lipinski definition) is 5. The summed E-state index contributed by atoms with van der Waals surface area (Å²) in [5, 5.41) is 12.7. The minimum atomic E-state index is 0.209. The molecule has 5 heteroatoms. The van der Waals surface area contributed by atoms with Gasteiger partial charge in [-0.05, 0) is 42.7 Å². The number of aryl methyl sites for hydroxylation is 1. The number of aromatic nitrogens is 2. The second-order valence-corrected chi connectivity index (χ2v) is 5.80. The number of hydrogen-bond donors (Lipinski definition) is 2. The quantitative estimate of drug-likeness (QED) is 0.764. The number of anilines is 4. The van der Waals surface area contributed by atoms with Gasteiger partial charge in [0.2, 0.25) is 5.95 Å². The molecule has 0 radical (unpaired) electrons. The third-order valence-electron chi connectivity index (χ3n) is 4.13. The second-order valence-electron chi connectivity index (χ2n) is 5.80. The molecule has 1 aliphatic heterocycles. The SMILES string of the molecule is Oc1cccc(Nc2nccc(N3CCCc4ccccc43)n2)c1. The molecule has 3 aromatic rings.